The van der Waals surface area contributed by atoms with Gasteiger partial charge in [0.25, 0.3) is 0 Å². The molecule has 0 atom stereocenters. The number of nitrogens with zero attached hydrogens (tertiary/aromatic N) is 2. The maximum absolute atomic E-state index is 11.2. The normalized spacial score (nSPS) is 10.2. The van der Waals surface area contributed by atoms with E-state index in [4.69, 9.17) is 14.2 Å². The molecule has 2 aromatic carbocycles. The zero-order valence-electron chi connectivity index (χ0n) is 18.1. The van der Waals surface area contributed by atoms with E-state index in [0.717, 1.165) is 17.1 Å². The van der Waals surface area contributed by atoms with E-state index in [-0.39, 0.29) is 5.91 Å². The van der Waals surface area contributed by atoms with Crippen LogP contribution in [0.3, 0.4) is 0 Å². The number of ether oxygens (including phenoxy) is 3. The van der Waals surface area contributed by atoms with Gasteiger partial charge >= 0.3 is 0 Å². The van der Waals surface area contributed by atoms with Gasteiger partial charge in [-0.15, -0.1) is 0 Å². The summed E-state index contributed by atoms with van der Waals surface area (Å²) in [6, 6.07) is 12.7. The number of anilines is 5. The zero-order chi connectivity index (χ0) is 22.4. The number of aromatic nitrogens is 2. The molecule has 9 heteroatoms. The number of amides is 1. The largest absolute Gasteiger partial charge is 0.493 e. The van der Waals surface area contributed by atoms with Gasteiger partial charge in [0.05, 0.1) is 21.3 Å². The minimum absolute atomic E-state index is 0.116. The summed E-state index contributed by atoms with van der Waals surface area (Å²) in [5.41, 5.74) is 3.01. The standard InChI is InChI=1S/C22H25N5O4/c1-13-10-20(25-16-8-6-15(7-9-16)24-14(2)28)27-22(23-13)26-17-11-18(29-3)21(31-5)19(12-17)30-4/h6-12H,1-5H3,(H,24,28)(H2,23,25,26,27). The van der Waals surface area contributed by atoms with E-state index in [1.165, 1.54) is 6.92 Å². The smallest absolute Gasteiger partial charge is 0.229 e. The van der Waals surface area contributed by atoms with Crippen LogP contribution in [0.1, 0.15) is 12.6 Å². The number of carbonyl (C=O) groups is 1. The predicted molar refractivity (Wildman–Crippen MR) is 120 cm³/mol. The molecule has 1 heterocycles. The molecule has 0 saturated heterocycles. The molecule has 0 bridgehead atoms. The number of methoxy groups -OCH3 is 3. The monoisotopic (exact) mass is 423 g/mol. The number of nitrogens with one attached hydrogen (secondary N) is 3. The van der Waals surface area contributed by atoms with Crippen molar-refractivity contribution in [3.8, 4) is 17.2 Å². The van der Waals surface area contributed by atoms with E-state index < -0.39 is 0 Å². The number of hydrogen-bond acceptors (Lipinski definition) is 8. The number of hydrogen-bond donors (Lipinski definition) is 3. The molecule has 0 fully saturated rings. The molecule has 0 aliphatic rings. The van der Waals surface area contributed by atoms with Gasteiger partial charge in [0.2, 0.25) is 17.6 Å². The summed E-state index contributed by atoms with van der Waals surface area (Å²) in [5, 5.41) is 9.16. The van der Waals surface area contributed by atoms with Crippen LogP contribution < -0.4 is 30.2 Å². The van der Waals surface area contributed by atoms with Crippen molar-refractivity contribution in [3.63, 3.8) is 0 Å². The van der Waals surface area contributed by atoms with Gasteiger partial charge in [-0.3, -0.25) is 4.79 Å². The Morgan fingerprint density at radius 3 is 1.97 bits per heavy atom. The quantitative estimate of drug-likeness (QED) is 0.494. The lowest BCUT2D eigenvalue weighted by Crippen LogP contribution is -2.05. The van der Waals surface area contributed by atoms with Gasteiger partial charge in [-0.05, 0) is 31.2 Å². The van der Waals surface area contributed by atoms with Crippen molar-refractivity contribution in [1.29, 1.82) is 0 Å². The molecule has 162 valence electrons. The van der Waals surface area contributed by atoms with Crippen LogP contribution in [0, 0.1) is 6.92 Å². The molecule has 3 rings (SSSR count). The Kier molecular flexibility index (Phi) is 6.76. The molecule has 1 aromatic heterocycles. The van der Waals surface area contributed by atoms with E-state index in [1.807, 2.05) is 37.3 Å². The van der Waals surface area contributed by atoms with Gasteiger partial charge in [0, 0.05) is 47.9 Å². The third-order valence-electron chi connectivity index (χ3n) is 4.25. The molecule has 0 unspecified atom stereocenters. The van der Waals surface area contributed by atoms with Crippen LogP contribution in [0.4, 0.5) is 28.8 Å². The summed E-state index contributed by atoms with van der Waals surface area (Å²) in [5.74, 6) is 2.46. The third-order valence-corrected chi connectivity index (χ3v) is 4.25. The minimum atomic E-state index is -0.116. The lowest BCUT2D eigenvalue weighted by Gasteiger charge is -2.15. The molecule has 1 amide bonds. The Hall–Kier alpha value is -4.01. The van der Waals surface area contributed by atoms with Gasteiger partial charge in [-0.25, -0.2) is 4.98 Å². The van der Waals surface area contributed by atoms with E-state index >= 15 is 0 Å². The van der Waals surface area contributed by atoms with Gasteiger partial charge in [-0.1, -0.05) is 0 Å². The maximum Gasteiger partial charge on any atom is 0.229 e. The molecule has 3 aromatic rings. The number of aryl methyl sites for hydroxylation is 1. The van der Waals surface area contributed by atoms with Crippen LogP contribution in [0.2, 0.25) is 0 Å². The first-order chi connectivity index (χ1) is 14.9. The van der Waals surface area contributed by atoms with Gasteiger partial charge in [-0.2, -0.15) is 4.98 Å². The lowest BCUT2D eigenvalue weighted by molar-refractivity contribution is -0.114. The fourth-order valence-electron chi connectivity index (χ4n) is 2.96. The summed E-state index contributed by atoms with van der Waals surface area (Å²) < 4.78 is 16.1. The van der Waals surface area contributed by atoms with Crippen molar-refractivity contribution in [2.24, 2.45) is 0 Å². The molecule has 0 radical (unpaired) electrons. The third kappa shape index (κ3) is 5.53. The van der Waals surface area contributed by atoms with Crippen LogP contribution in [-0.2, 0) is 4.79 Å². The van der Waals surface area contributed by atoms with E-state index in [0.29, 0.717) is 34.7 Å². The molecular formula is C22H25N5O4. The fraction of sp³-hybridized carbons (Fsp3) is 0.227. The molecule has 31 heavy (non-hydrogen) atoms. The number of rotatable bonds is 8. The summed E-state index contributed by atoms with van der Waals surface area (Å²) in [4.78, 5) is 20.1. The first-order valence-electron chi connectivity index (χ1n) is 9.49. The molecular weight excluding hydrogens is 398 g/mol. The Morgan fingerprint density at radius 2 is 1.42 bits per heavy atom. The second-order valence-corrected chi connectivity index (χ2v) is 6.64. The molecule has 9 nitrogen and oxygen atoms in total. The van der Waals surface area contributed by atoms with Gasteiger partial charge in [0.1, 0.15) is 5.82 Å². The van der Waals surface area contributed by atoms with E-state index in [1.54, 1.807) is 33.5 Å². The van der Waals surface area contributed by atoms with Crippen molar-refractivity contribution in [2.45, 2.75) is 13.8 Å². The zero-order valence-corrected chi connectivity index (χ0v) is 18.1. The van der Waals surface area contributed by atoms with Gasteiger partial charge < -0.3 is 30.2 Å². The summed E-state index contributed by atoms with van der Waals surface area (Å²) in [6.45, 7) is 3.35. The van der Waals surface area contributed by atoms with Crippen LogP contribution in [0.5, 0.6) is 17.2 Å². The number of carbonyl (C=O) groups excluding carboxylic acids is 1. The lowest BCUT2D eigenvalue weighted by atomic mass is 10.2. The summed E-state index contributed by atoms with van der Waals surface area (Å²) in [6.07, 6.45) is 0. The minimum Gasteiger partial charge on any atom is -0.493 e. The second kappa shape index (κ2) is 9.66. The van der Waals surface area contributed by atoms with Crippen LogP contribution >= 0.6 is 0 Å². The van der Waals surface area contributed by atoms with Crippen molar-refractivity contribution in [3.05, 3.63) is 48.2 Å². The SMILES string of the molecule is COc1cc(Nc2nc(C)cc(Nc3ccc(NC(C)=O)cc3)n2)cc(OC)c1OC. The van der Waals surface area contributed by atoms with Crippen molar-refractivity contribution in [1.82, 2.24) is 9.97 Å². The molecule has 0 aliphatic heterocycles. The van der Waals surface area contributed by atoms with Crippen molar-refractivity contribution in [2.75, 3.05) is 37.3 Å². The highest BCUT2D eigenvalue weighted by atomic mass is 16.5. The molecule has 3 N–H and O–H groups in total. The van der Waals surface area contributed by atoms with Crippen LogP contribution in [0.25, 0.3) is 0 Å². The van der Waals surface area contributed by atoms with Crippen molar-refractivity contribution >= 4 is 34.7 Å². The predicted octanol–water partition coefficient (Wildman–Crippen LogP) is 4.26. The first-order valence-corrected chi connectivity index (χ1v) is 9.49. The topological polar surface area (TPSA) is 107 Å². The Balaban J connectivity index is 1.82. The highest BCUT2D eigenvalue weighted by Crippen LogP contribution is 2.40. The average molecular weight is 423 g/mol. The Morgan fingerprint density at radius 1 is 0.806 bits per heavy atom. The Bertz CT molecular complexity index is 1040. The average Bonchev–Trinajstić information content (AvgIpc) is 2.73. The van der Waals surface area contributed by atoms with Crippen molar-refractivity contribution < 1.29 is 19.0 Å². The van der Waals surface area contributed by atoms with E-state index in [2.05, 4.69) is 25.9 Å². The second-order valence-electron chi connectivity index (χ2n) is 6.64. The fourth-order valence-corrected chi connectivity index (χ4v) is 2.96. The first kappa shape index (κ1) is 21.7. The number of benzene rings is 2. The molecule has 0 aliphatic carbocycles. The van der Waals surface area contributed by atoms with Crippen LogP contribution in [-0.4, -0.2) is 37.2 Å². The molecule has 0 saturated carbocycles. The van der Waals surface area contributed by atoms with Gasteiger partial charge in [0.15, 0.2) is 11.5 Å². The maximum atomic E-state index is 11.2. The highest BCUT2D eigenvalue weighted by Gasteiger charge is 2.14. The molecule has 0 spiro atoms. The summed E-state index contributed by atoms with van der Waals surface area (Å²) in [7, 11) is 4.67. The summed E-state index contributed by atoms with van der Waals surface area (Å²) >= 11 is 0. The van der Waals surface area contributed by atoms with Crippen LogP contribution in [0.15, 0.2) is 42.5 Å². The Labute approximate surface area is 180 Å². The van der Waals surface area contributed by atoms with E-state index in [9.17, 15) is 4.79 Å². The highest BCUT2D eigenvalue weighted by molar-refractivity contribution is 5.88.